The van der Waals surface area contributed by atoms with Crippen molar-refractivity contribution in [2.45, 2.75) is 19.4 Å². The molecule has 1 N–H and O–H groups in total. The summed E-state index contributed by atoms with van der Waals surface area (Å²) in [6.07, 6.45) is 2.92. The zero-order valence-electron chi connectivity index (χ0n) is 10.5. The van der Waals surface area contributed by atoms with Crippen molar-refractivity contribution < 1.29 is 5.11 Å². The summed E-state index contributed by atoms with van der Waals surface area (Å²) in [5.74, 6) is 0.516. The van der Waals surface area contributed by atoms with E-state index in [2.05, 4.69) is 28.1 Å². The first-order valence-corrected chi connectivity index (χ1v) is 6.39. The van der Waals surface area contributed by atoms with Gasteiger partial charge in [0.1, 0.15) is 0 Å². The third kappa shape index (κ3) is 1.73. The Morgan fingerprint density at radius 2 is 2.22 bits per heavy atom. The molecule has 2 unspecified atom stereocenters. The van der Waals surface area contributed by atoms with E-state index in [1.165, 1.54) is 0 Å². The monoisotopic (exact) mass is 243 g/mol. The smallest absolute Gasteiger partial charge is 0.0950 e. The van der Waals surface area contributed by atoms with E-state index in [1.54, 1.807) is 0 Å². The number of rotatable bonds is 2. The van der Waals surface area contributed by atoms with Crippen molar-refractivity contribution in [3.05, 3.63) is 30.5 Å². The Bertz CT molecular complexity index is 552. The van der Waals surface area contributed by atoms with Crippen molar-refractivity contribution in [1.29, 1.82) is 0 Å². The van der Waals surface area contributed by atoms with Gasteiger partial charge in [0.2, 0.25) is 0 Å². The van der Waals surface area contributed by atoms with Gasteiger partial charge in [-0.15, -0.1) is 0 Å². The van der Waals surface area contributed by atoms with Crippen LogP contribution in [-0.2, 0) is 0 Å². The van der Waals surface area contributed by atoms with Crippen molar-refractivity contribution in [2.24, 2.45) is 5.92 Å². The van der Waals surface area contributed by atoms with Crippen LogP contribution in [0.5, 0.6) is 0 Å². The van der Waals surface area contributed by atoms with Crippen LogP contribution < -0.4 is 4.90 Å². The summed E-state index contributed by atoms with van der Waals surface area (Å²) in [6.45, 7) is 3.36. The third-order valence-electron chi connectivity index (χ3n) is 3.90. The van der Waals surface area contributed by atoms with Crippen molar-refractivity contribution in [2.75, 3.05) is 18.1 Å². The van der Waals surface area contributed by atoms with E-state index in [0.29, 0.717) is 5.92 Å². The van der Waals surface area contributed by atoms with Crippen LogP contribution >= 0.6 is 0 Å². The number of benzene rings is 1. The first-order chi connectivity index (χ1) is 8.81. The highest BCUT2D eigenvalue weighted by Crippen LogP contribution is 2.32. The molecule has 18 heavy (non-hydrogen) atoms. The van der Waals surface area contributed by atoms with Gasteiger partial charge in [0.05, 0.1) is 30.0 Å². The van der Waals surface area contributed by atoms with Crippen molar-refractivity contribution in [3.8, 4) is 0 Å². The second kappa shape index (κ2) is 4.53. The standard InChI is InChI=1S/C14H17N3O/c1-10-6-7-17(14(10)9-18)13-8-15-16-12-5-3-2-4-11(12)13/h2-5,8,10,14,18H,6-7,9H2,1H3. The van der Waals surface area contributed by atoms with Crippen LogP contribution in [0.4, 0.5) is 5.69 Å². The van der Waals surface area contributed by atoms with Crippen LogP contribution in [0.2, 0.25) is 0 Å². The van der Waals surface area contributed by atoms with Crippen molar-refractivity contribution >= 4 is 16.6 Å². The Morgan fingerprint density at radius 1 is 1.39 bits per heavy atom. The average Bonchev–Trinajstić information content (AvgIpc) is 2.79. The maximum absolute atomic E-state index is 9.56. The highest BCUT2D eigenvalue weighted by molar-refractivity contribution is 5.91. The molecule has 0 saturated carbocycles. The van der Waals surface area contributed by atoms with Crippen molar-refractivity contribution in [1.82, 2.24) is 10.2 Å². The van der Waals surface area contributed by atoms with Gasteiger partial charge in [-0.05, 0) is 18.4 Å². The van der Waals surface area contributed by atoms with E-state index in [-0.39, 0.29) is 12.6 Å². The Kier molecular flexibility index (Phi) is 2.88. The third-order valence-corrected chi connectivity index (χ3v) is 3.90. The summed E-state index contributed by atoms with van der Waals surface area (Å²) in [7, 11) is 0. The lowest BCUT2D eigenvalue weighted by Gasteiger charge is -2.27. The van der Waals surface area contributed by atoms with Crippen LogP contribution in [0.25, 0.3) is 10.9 Å². The second-order valence-corrected chi connectivity index (χ2v) is 4.96. The molecule has 1 aliphatic heterocycles. The van der Waals surface area contributed by atoms with Gasteiger partial charge in [-0.2, -0.15) is 10.2 Å². The lowest BCUT2D eigenvalue weighted by atomic mass is 10.0. The van der Waals surface area contributed by atoms with Crippen LogP contribution in [-0.4, -0.2) is 34.5 Å². The molecule has 2 atom stereocenters. The molecule has 0 radical (unpaired) electrons. The topological polar surface area (TPSA) is 49.2 Å². The normalized spacial score (nSPS) is 23.8. The molecule has 1 aliphatic rings. The van der Waals surface area contributed by atoms with E-state index < -0.39 is 0 Å². The van der Waals surface area contributed by atoms with Gasteiger partial charge in [-0.25, -0.2) is 0 Å². The Hall–Kier alpha value is -1.68. The fraction of sp³-hybridized carbons (Fsp3) is 0.429. The number of aliphatic hydroxyl groups is 1. The molecule has 1 aromatic heterocycles. The Labute approximate surface area is 106 Å². The van der Waals surface area contributed by atoms with Crippen molar-refractivity contribution in [3.63, 3.8) is 0 Å². The first-order valence-electron chi connectivity index (χ1n) is 6.39. The van der Waals surface area contributed by atoms with Crippen LogP contribution in [0, 0.1) is 5.92 Å². The molecule has 0 aliphatic carbocycles. The molecule has 0 amide bonds. The number of aromatic nitrogens is 2. The van der Waals surface area contributed by atoms with E-state index in [9.17, 15) is 5.11 Å². The lowest BCUT2D eigenvalue weighted by molar-refractivity contribution is 0.245. The minimum atomic E-state index is 0.192. The molecular formula is C14H17N3O. The second-order valence-electron chi connectivity index (χ2n) is 4.96. The maximum Gasteiger partial charge on any atom is 0.0950 e. The van der Waals surface area contributed by atoms with E-state index >= 15 is 0 Å². The zero-order chi connectivity index (χ0) is 12.5. The molecule has 4 nitrogen and oxygen atoms in total. The van der Waals surface area contributed by atoms with E-state index in [1.807, 2.05) is 24.4 Å². The molecule has 94 valence electrons. The van der Waals surface area contributed by atoms with Gasteiger partial charge in [0, 0.05) is 11.9 Å². The number of fused-ring (bicyclic) bond motifs is 1. The number of hydrogen-bond acceptors (Lipinski definition) is 4. The summed E-state index contributed by atoms with van der Waals surface area (Å²) >= 11 is 0. The molecule has 0 spiro atoms. The quantitative estimate of drug-likeness (QED) is 0.874. The Balaban J connectivity index is 2.09. The fourth-order valence-electron chi connectivity index (χ4n) is 2.81. The Morgan fingerprint density at radius 3 is 3.06 bits per heavy atom. The molecule has 3 rings (SSSR count). The predicted molar refractivity (Wildman–Crippen MR) is 71.5 cm³/mol. The largest absolute Gasteiger partial charge is 0.394 e. The van der Waals surface area contributed by atoms with Crippen LogP contribution in [0.1, 0.15) is 13.3 Å². The number of nitrogens with zero attached hydrogens (tertiary/aromatic N) is 3. The van der Waals surface area contributed by atoms with Gasteiger partial charge < -0.3 is 10.0 Å². The van der Waals surface area contributed by atoms with Gasteiger partial charge in [0.25, 0.3) is 0 Å². The summed E-state index contributed by atoms with van der Waals surface area (Å²) in [6, 6.07) is 8.21. The average molecular weight is 243 g/mol. The number of aliphatic hydroxyl groups excluding tert-OH is 1. The van der Waals surface area contributed by atoms with Crippen LogP contribution in [0.3, 0.4) is 0 Å². The summed E-state index contributed by atoms with van der Waals surface area (Å²) in [4.78, 5) is 2.27. The zero-order valence-corrected chi connectivity index (χ0v) is 10.5. The van der Waals surface area contributed by atoms with Gasteiger partial charge in [0.15, 0.2) is 0 Å². The lowest BCUT2D eigenvalue weighted by Crippen LogP contribution is -2.35. The van der Waals surface area contributed by atoms with Crippen LogP contribution in [0.15, 0.2) is 30.5 Å². The minimum absolute atomic E-state index is 0.192. The summed E-state index contributed by atoms with van der Waals surface area (Å²) in [5, 5.41) is 18.9. The summed E-state index contributed by atoms with van der Waals surface area (Å²) < 4.78 is 0. The molecule has 2 aromatic rings. The predicted octanol–water partition coefficient (Wildman–Crippen LogP) is 1.84. The van der Waals surface area contributed by atoms with Gasteiger partial charge in [-0.1, -0.05) is 25.1 Å². The molecule has 0 bridgehead atoms. The van der Waals surface area contributed by atoms with Gasteiger partial charge in [-0.3, -0.25) is 0 Å². The van der Waals surface area contributed by atoms with Gasteiger partial charge >= 0.3 is 0 Å². The minimum Gasteiger partial charge on any atom is -0.394 e. The maximum atomic E-state index is 9.56. The first kappa shape index (κ1) is 11.4. The number of hydrogen-bond donors (Lipinski definition) is 1. The molecule has 1 aromatic carbocycles. The van der Waals surface area contributed by atoms with E-state index in [4.69, 9.17) is 0 Å². The highest BCUT2D eigenvalue weighted by atomic mass is 16.3. The number of anilines is 1. The molecule has 1 fully saturated rings. The molecule has 4 heteroatoms. The fourth-order valence-corrected chi connectivity index (χ4v) is 2.81. The molecule has 1 saturated heterocycles. The highest BCUT2D eigenvalue weighted by Gasteiger charge is 2.31. The molecule has 2 heterocycles. The summed E-state index contributed by atoms with van der Waals surface area (Å²) in [5.41, 5.74) is 2.00. The SMILES string of the molecule is CC1CCN(c2cnnc3ccccc23)C1CO. The van der Waals surface area contributed by atoms with E-state index in [0.717, 1.165) is 29.6 Å². The molecular weight excluding hydrogens is 226 g/mol.